The van der Waals surface area contributed by atoms with Gasteiger partial charge in [0.05, 0.1) is 15.6 Å². The number of thiophene rings is 1. The van der Waals surface area contributed by atoms with Crippen LogP contribution < -0.4 is 10.2 Å². The Hall–Kier alpha value is -1.45. The van der Waals surface area contributed by atoms with Gasteiger partial charge in [0.1, 0.15) is 10.6 Å². The zero-order chi connectivity index (χ0) is 18.3. The molecule has 28 heavy (non-hydrogen) atoms. The van der Waals surface area contributed by atoms with Crippen molar-refractivity contribution in [1.29, 1.82) is 0 Å². The third-order valence-electron chi connectivity index (χ3n) is 4.41. The second kappa shape index (κ2) is 9.37. The number of thiazole rings is 1. The maximum Gasteiger partial charge on any atom is 0.264 e. The lowest BCUT2D eigenvalue weighted by Gasteiger charge is -2.36. The van der Waals surface area contributed by atoms with Crippen LogP contribution in [-0.4, -0.2) is 49.5 Å². The van der Waals surface area contributed by atoms with Crippen molar-refractivity contribution in [3.8, 4) is 0 Å². The number of nitrogens with one attached hydrogen (secondary N) is 1. The summed E-state index contributed by atoms with van der Waals surface area (Å²) in [4.78, 5) is 23.1. The van der Waals surface area contributed by atoms with Gasteiger partial charge in [0.15, 0.2) is 5.13 Å². The van der Waals surface area contributed by atoms with E-state index in [1.807, 2.05) is 36.0 Å². The lowest BCUT2D eigenvalue weighted by atomic mass is 10.0. The van der Waals surface area contributed by atoms with Crippen molar-refractivity contribution in [3.05, 3.63) is 46.6 Å². The molecule has 1 amide bonds. The lowest BCUT2D eigenvalue weighted by Crippen LogP contribution is -2.48. The van der Waals surface area contributed by atoms with Crippen LogP contribution in [0.15, 0.2) is 30.3 Å². The minimum absolute atomic E-state index is 0. The number of aromatic nitrogens is 1. The molecule has 0 aliphatic carbocycles. The third-order valence-corrected chi connectivity index (χ3v) is 6.73. The molecule has 1 aliphatic rings. The van der Waals surface area contributed by atoms with Crippen molar-refractivity contribution < 1.29 is 9.18 Å². The first-order chi connectivity index (χ1) is 12.5. The Kier molecular flexibility index (Phi) is 7.64. The van der Waals surface area contributed by atoms with Gasteiger partial charge in [0.2, 0.25) is 0 Å². The molecule has 1 atom stereocenters. The van der Waals surface area contributed by atoms with E-state index in [-0.39, 0.29) is 42.6 Å². The predicted octanol–water partition coefficient (Wildman–Crippen LogP) is 4.19. The zero-order valence-electron chi connectivity index (χ0n) is 15.3. The molecule has 2 aromatic heterocycles. The first kappa shape index (κ1) is 22.8. The van der Waals surface area contributed by atoms with Crippen LogP contribution in [0.3, 0.4) is 0 Å². The van der Waals surface area contributed by atoms with Gasteiger partial charge in [-0.05, 0) is 23.8 Å². The molecule has 1 aromatic carbocycles. The number of hydrogen-bond acceptors (Lipinski definition) is 6. The molecule has 1 saturated heterocycles. The molecule has 3 heterocycles. The maximum atomic E-state index is 13.6. The summed E-state index contributed by atoms with van der Waals surface area (Å²) < 4.78 is 14.7. The number of nitrogens with zero attached hydrogens (tertiary/aromatic N) is 3. The van der Waals surface area contributed by atoms with E-state index >= 15 is 0 Å². The van der Waals surface area contributed by atoms with Gasteiger partial charge >= 0.3 is 0 Å². The van der Waals surface area contributed by atoms with E-state index < -0.39 is 0 Å². The van der Waals surface area contributed by atoms with E-state index in [0.717, 1.165) is 26.8 Å². The number of fused-ring (bicyclic) bond motifs is 1. The van der Waals surface area contributed by atoms with Crippen molar-refractivity contribution in [1.82, 2.24) is 15.2 Å². The van der Waals surface area contributed by atoms with Crippen LogP contribution in [0.25, 0.3) is 9.53 Å². The fraction of sp³-hybridized carbons (Fsp3) is 0.333. The van der Waals surface area contributed by atoms with Crippen LogP contribution in [0.1, 0.15) is 21.3 Å². The summed E-state index contributed by atoms with van der Waals surface area (Å²) in [6, 6.07) is 8.26. The first-order valence-electron chi connectivity index (χ1n) is 8.38. The number of hydrogen-bond donors (Lipinski definition) is 1. The summed E-state index contributed by atoms with van der Waals surface area (Å²) in [5, 5.41) is 4.24. The fourth-order valence-corrected chi connectivity index (χ4v) is 5.21. The quantitative estimate of drug-likeness (QED) is 0.633. The number of anilines is 1. The normalized spacial score (nSPS) is 16.4. The second-order valence-electron chi connectivity index (χ2n) is 6.44. The molecule has 1 unspecified atom stereocenters. The van der Waals surface area contributed by atoms with Crippen LogP contribution >= 0.6 is 47.5 Å². The Labute approximate surface area is 183 Å². The third kappa shape index (κ3) is 4.41. The van der Waals surface area contributed by atoms with Crippen LogP contribution in [0.5, 0.6) is 0 Å². The zero-order valence-corrected chi connectivity index (χ0v) is 18.6. The van der Waals surface area contributed by atoms with Gasteiger partial charge in [0, 0.05) is 33.7 Å². The number of rotatable bonds is 3. The van der Waals surface area contributed by atoms with E-state index in [4.69, 9.17) is 0 Å². The minimum atomic E-state index is -0.280. The molecule has 152 valence electrons. The molecule has 1 fully saturated rings. The summed E-state index contributed by atoms with van der Waals surface area (Å²) in [6.07, 6.45) is 0. The topological polar surface area (TPSA) is 48.5 Å². The van der Waals surface area contributed by atoms with Crippen LogP contribution in [0.2, 0.25) is 0 Å². The maximum absolute atomic E-state index is 13.6. The van der Waals surface area contributed by atoms with Crippen molar-refractivity contribution in [2.75, 3.05) is 38.6 Å². The minimum Gasteiger partial charge on any atom is -0.354 e. The molecule has 0 radical (unpaired) electrons. The van der Waals surface area contributed by atoms with Crippen molar-refractivity contribution in [2.45, 2.75) is 6.04 Å². The highest BCUT2D eigenvalue weighted by Crippen LogP contribution is 2.35. The van der Waals surface area contributed by atoms with Gasteiger partial charge in [-0.2, -0.15) is 0 Å². The van der Waals surface area contributed by atoms with E-state index in [2.05, 4.69) is 10.3 Å². The smallest absolute Gasteiger partial charge is 0.264 e. The number of carbonyl (C=O) groups is 1. The van der Waals surface area contributed by atoms with E-state index in [0.29, 0.717) is 18.0 Å². The Bertz CT molecular complexity index is 931. The van der Waals surface area contributed by atoms with Crippen LogP contribution in [0, 0.1) is 5.82 Å². The number of piperazine rings is 1. The van der Waals surface area contributed by atoms with Gasteiger partial charge in [0.25, 0.3) is 5.91 Å². The highest BCUT2D eigenvalue weighted by atomic mass is 35.5. The highest BCUT2D eigenvalue weighted by Gasteiger charge is 2.30. The van der Waals surface area contributed by atoms with Crippen molar-refractivity contribution >= 4 is 68.1 Å². The molecule has 1 N–H and O–H groups in total. The molecule has 10 heteroatoms. The average molecular weight is 463 g/mol. The lowest BCUT2D eigenvalue weighted by molar-refractivity contribution is 0.0639. The predicted molar refractivity (Wildman–Crippen MR) is 119 cm³/mol. The van der Waals surface area contributed by atoms with E-state index in [9.17, 15) is 9.18 Å². The summed E-state index contributed by atoms with van der Waals surface area (Å²) >= 11 is 3.01. The first-order valence-corrected chi connectivity index (χ1v) is 10.0. The van der Waals surface area contributed by atoms with Gasteiger partial charge in [-0.3, -0.25) is 4.79 Å². The summed E-state index contributed by atoms with van der Waals surface area (Å²) in [5.74, 6) is -0.292. The monoisotopic (exact) mass is 462 g/mol. The van der Waals surface area contributed by atoms with Crippen molar-refractivity contribution in [2.24, 2.45) is 0 Å². The molecule has 0 bridgehead atoms. The number of amides is 1. The van der Waals surface area contributed by atoms with Crippen molar-refractivity contribution in [3.63, 3.8) is 0 Å². The molecule has 1 aliphatic heterocycles. The fourth-order valence-electron chi connectivity index (χ4n) is 3.12. The Morgan fingerprint density at radius 1 is 1.29 bits per heavy atom. The molecule has 5 nitrogen and oxygen atoms in total. The molecular weight excluding hydrogens is 442 g/mol. The Morgan fingerprint density at radius 3 is 2.75 bits per heavy atom. The highest BCUT2D eigenvalue weighted by molar-refractivity contribution is 7.29. The SMILES string of the molecule is CN(C)c1nc2sc(C(=O)N3CCNCC3c3cccc(F)c3)cc2s1.Cl.Cl. The molecular formula is C18H21Cl2FN4OS2. The summed E-state index contributed by atoms with van der Waals surface area (Å²) in [7, 11) is 3.91. The molecule has 0 saturated carbocycles. The van der Waals surface area contributed by atoms with Crippen LogP contribution in [0.4, 0.5) is 9.52 Å². The number of halogens is 3. The average Bonchev–Trinajstić information content (AvgIpc) is 3.20. The van der Waals surface area contributed by atoms with Gasteiger partial charge in [-0.15, -0.1) is 36.2 Å². The Morgan fingerprint density at radius 2 is 2.07 bits per heavy atom. The van der Waals surface area contributed by atoms with E-state index in [1.54, 1.807) is 17.4 Å². The second-order valence-corrected chi connectivity index (χ2v) is 8.48. The van der Waals surface area contributed by atoms with E-state index in [1.165, 1.54) is 23.5 Å². The summed E-state index contributed by atoms with van der Waals surface area (Å²) in [6.45, 7) is 1.96. The van der Waals surface area contributed by atoms with Gasteiger partial charge in [-0.25, -0.2) is 9.37 Å². The molecule has 0 spiro atoms. The Balaban J connectivity index is 0.00000140. The number of benzene rings is 1. The largest absolute Gasteiger partial charge is 0.354 e. The van der Waals surface area contributed by atoms with Crippen LogP contribution in [-0.2, 0) is 0 Å². The molecule has 3 aromatic rings. The number of carbonyl (C=O) groups excluding carboxylic acids is 1. The van der Waals surface area contributed by atoms with Gasteiger partial charge < -0.3 is 15.1 Å². The molecule has 4 rings (SSSR count). The van der Waals surface area contributed by atoms with Gasteiger partial charge in [-0.1, -0.05) is 23.5 Å². The summed E-state index contributed by atoms with van der Waals surface area (Å²) in [5.41, 5.74) is 0.817. The standard InChI is InChI=1S/C18H19FN4OS2.2ClH/c1-22(2)18-21-16-14(26-18)9-15(25-16)17(24)23-7-6-20-10-13(23)11-4-3-5-12(19)8-11;;/h3-5,8-9,13,20H,6-7,10H2,1-2H3;2*1H.